The number of likely N-dealkylation sites (tertiary alicyclic amines) is 1. The number of unbranched alkanes of at least 4 members (excludes halogenated alkanes) is 1. The van der Waals surface area contributed by atoms with Crippen molar-refractivity contribution in [1.82, 2.24) is 15.1 Å². The summed E-state index contributed by atoms with van der Waals surface area (Å²) in [5, 5.41) is 4.80. The molecule has 2 aliphatic rings. The summed E-state index contributed by atoms with van der Waals surface area (Å²) in [6, 6.07) is 9.02. The summed E-state index contributed by atoms with van der Waals surface area (Å²) in [6.07, 6.45) is 3.71. The van der Waals surface area contributed by atoms with Crippen molar-refractivity contribution >= 4 is 29.2 Å². The van der Waals surface area contributed by atoms with Crippen LogP contribution < -0.4 is 5.32 Å². The first-order chi connectivity index (χ1) is 15.0. The standard InChI is InChI=1S/C23H26FN3O3S/c1-2-3-12-23(16-8-10-17(24)11-9-16)21(29)27(22(30)25-23)15-20(28)26-13-4-6-18(26)19-7-5-14-31-19/h5,7-11,14,18H,2-4,6,12-13,15H2,1H3,(H,25,30). The van der Waals surface area contributed by atoms with Gasteiger partial charge in [0.05, 0.1) is 6.04 Å². The van der Waals surface area contributed by atoms with E-state index in [0.29, 0.717) is 24.9 Å². The molecule has 0 radical (unpaired) electrons. The average molecular weight is 444 g/mol. The molecule has 0 spiro atoms. The van der Waals surface area contributed by atoms with E-state index in [2.05, 4.69) is 5.32 Å². The molecule has 164 valence electrons. The summed E-state index contributed by atoms with van der Waals surface area (Å²) in [5.74, 6) is -1.09. The Hall–Kier alpha value is -2.74. The Bertz CT molecular complexity index is 963. The second-order valence-electron chi connectivity index (χ2n) is 8.10. The van der Waals surface area contributed by atoms with E-state index in [9.17, 15) is 18.8 Å². The first-order valence-corrected chi connectivity index (χ1v) is 11.6. The zero-order valence-electron chi connectivity index (χ0n) is 17.5. The van der Waals surface area contributed by atoms with E-state index in [1.54, 1.807) is 16.2 Å². The van der Waals surface area contributed by atoms with Gasteiger partial charge in [-0.05, 0) is 48.4 Å². The molecule has 1 N–H and O–H groups in total. The molecule has 2 fully saturated rings. The highest BCUT2D eigenvalue weighted by atomic mass is 32.1. The fourth-order valence-electron chi connectivity index (χ4n) is 4.52. The molecule has 2 aromatic rings. The molecule has 0 saturated carbocycles. The monoisotopic (exact) mass is 443 g/mol. The summed E-state index contributed by atoms with van der Waals surface area (Å²) < 4.78 is 13.5. The molecule has 0 bridgehead atoms. The van der Waals surface area contributed by atoms with Gasteiger partial charge in [0.2, 0.25) is 5.91 Å². The van der Waals surface area contributed by atoms with Crippen molar-refractivity contribution in [3.05, 3.63) is 58.0 Å². The minimum absolute atomic E-state index is 0.00443. The van der Waals surface area contributed by atoms with Gasteiger partial charge in [0.1, 0.15) is 17.9 Å². The van der Waals surface area contributed by atoms with Crippen LogP contribution in [0.2, 0.25) is 0 Å². The van der Waals surface area contributed by atoms with Gasteiger partial charge in [-0.1, -0.05) is 38.0 Å². The average Bonchev–Trinajstić information content (AvgIpc) is 3.49. The van der Waals surface area contributed by atoms with E-state index in [1.807, 2.05) is 24.4 Å². The zero-order valence-corrected chi connectivity index (χ0v) is 18.3. The van der Waals surface area contributed by atoms with Gasteiger partial charge in [-0.2, -0.15) is 0 Å². The maximum Gasteiger partial charge on any atom is 0.325 e. The Kier molecular flexibility index (Phi) is 6.09. The molecule has 4 amide bonds. The van der Waals surface area contributed by atoms with Crippen LogP contribution in [0.5, 0.6) is 0 Å². The van der Waals surface area contributed by atoms with E-state index in [0.717, 1.165) is 29.0 Å². The van der Waals surface area contributed by atoms with Crippen LogP contribution >= 0.6 is 11.3 Å². The van der Waals surface area contributed by atoms with Gasteiger partial charge in [0.25, 0.3) is 5.91 Å². The van der Waals surface area contributed by atoms with Gasteiger partial charge in [-0.25, -0.2) is 9.18 Å². The number of rotatable bonds is 7. The summed E-state index contributed by atoms with van der Waals surface area (Å²) >= 11 is 1.61. The zero-order chi connectivity index (χ0) is 22.0. The number of carbonyl (C=O) groups excluding carboxylic acids is 3. The summed E-state index contributed by atoms with van der Waals surface area (Å²) in [5.41, 5.74) is -0.729. The van der Waals surface area contributed by atoms with Crippen LogP contribution in [0.25, 0.3) is 0 Å². The maximum absolute atomic E-state index is 13.5. The molecule has 1 aromatic carbocycles. The van der Waals surface area contributed by atoms with E-state index >= 15 is 0 Å². The predicted octanol–water partition coefficient (Wildman–Crippen LogP) is 4.19. The number of hydrogen-bond acceptors (Lipinski definition) is 4. The van der Waals surface area contributed by atoms with E-state index < -0.39 is 23.3 Å². The fourth-order valence-corrected chi connectivity index (χ4v) is 5.40. The van der Waals surface area contributed by atoms with Gasteiger partial charge in [0, 0.05) is 11.4 Å². The van der Waals surface area contributed by atoms with Crippen LogP contribution in [-0.4, -0.2) is 40.7 Å². The molecule has 4 rings (SSSR count). The lowest BCUT2D eigenvalue weighted by Gasteiger charge is -2.28. The molecule has 8 heteroatoms. The Morgan fingerprint density at radius 1 is 1.26 bits per heavy atom. The van der Waals surface area contributed by atoms with Crippen molar-refractivity contribution in [1.29, 1.82) is 0 Å². The minimum Gasteiger partial charge on any atom is -0.333 e. The number of nitrogens with zero attached hydrogens (tertiary/aromatic N) is 2. The molecule has 2 unspecified atom stereocenters. The van der Waals surface area contributed by atoms with Crippen molar-refractivity contribution in [3.63, 3.8) is 0 Å². The van der Waals surface area contributed by atoms with E-state index in [-0.39, 0.29) is 18.5 Å². The summed E-state index contributed by atoms with van der Waals surface area (Å²) in [7, 11) is 0. The van der Waals surface area contributed by atoms with Crippen LogP contribution in [0.3, 0.4) is 0 Å². The smallest absolute Gasteiger partial charge is 0.325 e. The van der Waals surface area contributed by atoms with Gasteiger partial charge < -0.3 is 10.2 Å². The lowest BCUT2D eigenvalue weighted by molar-refractivity contribution is -0.139. The summed E-state index contributed by atoms with van der Waals surface area (Å²) in [6.45, 7) is 2.32. The highest BCUT2D eigenvalue weighted by Crippen LogP contribution is 2.37. The SMILES string of the molecule is CCCCC1(c2ccc(F)cc2)NC(=O)N(CC(=O)N2CCCC2c2cccs2)C1=O. The number of hydrogen-bond donors (Lipinski definition) is 1. The molecule has 1 aromatic heterocycles. The maximum atomic E-state index is 13.5. The van der Waals surface area contributed by atoms with Crippen molar-refractivity contribution in [2.45, 2.75) is 50.6 Å². The highest BCUT2D eigenvalue weighted by molar-refractivity contribution is 7.10. The third-order valence-corrected chi connectivity index (χ3v) is 7.13. The number of imide groups is 1. The molecule has 0 aliphatic carbocycles. The van der Waals surface area contributed by atoms with Gasteiger partial charge in [-0.3, -0.25) is 14.5 Å². The molecule has 2 aliphatic heterocycles. The predicted molar refractivity (Wildman–Crippen MR) is 116 cm³/mol. The normalized spacial score (nSPS) is 23.5. The molecule has 3 heterocycles. The topological polar surface area (TPSA) is 69.7 Å². The van der Waals surface area contributed by atoms with E-state index in [4.69, 9.17) is 0 Å². The molecular weight excluding hydrogens is 417 g/mol. The second-order valence-corrected chi connectivity index (χ2v) is 9.08. The highest BCUT2D eigenvalue weighted by Gasteiger charge is 2.52. The van der Waals surface area contributed by atoms with Crippen LogP contribution in [-0.2, 0) is 15.1 Å². The quantitative estimate of drug-likeness (QED) is 0.653. The third kappa shape index (κ3) is 3.96. The van der Waals surface area contributed by atoms with Crippen molar-refractivity contribution in [2.24, 2.45) is 0 Å². The molecular formula is C23H26FN3O3S. The van der Waals surface area contributed by atoms with Crippen LogP contribution in [0.4, 0.5) is 9.18 Å². The molecule has 2 saturated heterocycles. The van der Waals surface area contributed by atoms with Gasteiger partial charge in [-0.15, -0.1) is 11.3 Å². The number of halogens is 1. The lowest BCUT2D eigenvalue weighted by atomic mass is 9.85. The van der Waals surface area contributed by atoms with Crippen LogP contribution in [0.1, 0.15) is 55.5 Å². The third-order valence-electron chi connectivity index (χ3n) is 6.16. The Morgan fingerprint density at radius 3 is 2.71 bits per heavy atom. The molecule has 6 nitrogen and oxygen atoms in total. The van der Waals surface area contributed by atoms with Crippen molar-refractivity contribution in [3.8, 4) is 0 Å². The summed E-state index contributed by atoms with van der Waals surface area (Å²) in [4.78, 5) is 43.3. The van der Waals surface area contributed by atoms with Crippen LogP contribution in [0, 0.1) is 5.82 Å². The van der Waals surface area contributed by atoms with Crippen LogP contribution in [0.15, 0.2) is 41.8 Å². The Balaban J connectivity index is 1.56. The number of carbonyl (C=O) groups is 3. The Morgan fingerprint density at radius 2 is 2.03 bits per heavy atom. The number of thiophene rings is 1. The van der Waals surface area contributed by atoms with Gasteiger partial charge >= 0.3 is 6.03 Å². The first-order valence-electron chi connectivity index (χ1n) is 10.7. The van der Waals surface area contributed by atoms with Crippen molar-refractivity contribution < 1.29 is 18.8 Å². The lowest BCUT2D eigenvalue weighted by Crippen LogP contribution is -2.45. The second kappa shape index (κ2) is 8.78. The van der Waals surface area contributed by atoms with Gasteiger partial charge in [0.15, 0.2) is 0 Å². The van der Waals surface area contributed by atoms with Crippen molar-refractivity contribution in [2.75, 3.05) is 13.1 Å². The number of amides is 4. The molecule has 2 atom stereocenters. The fraction of sp³-hybridized carbons (Fsp3) is 0.435. The van der Waals surface area contributed by atoms with E-state index in [1.165, 1.54) is 24.3 Å². The largest absolute Gasteiger partial charge is 0.333 e. The minimum atomic E-state index is -1.26. The number of benzene rings is 1. The number of nitrogens with one attached hydrogen (secondary N) is 1. The first kappa shape index (κ1) is 21.5. The Labute approximate surface area is 185 Å². The molecule has 31 heavy (non-hydrogen) atoms. The number of urea groups is 1.